The van der Waals surface area contributed by atoms with Crippen LogP contribution in [0, 0.1) is 11.6 Å². The van der Waals surface area contributed by atoms with Gasteiger partial charge in [-0.05, 0) is 31.2 Å². The Balaban J connectivity index is 1.85. The molecule has 1 amide bonds. The number of benzene rings is 2. The molecule has 1 atom stereocenters. The lowest BCUT2D eigenvalue weighted by molar-refractivity contribution is -0.122. The number of carbonyl (C=O) groups is 1. The van der Waals surface area contributed by atoms with Crippen molar-refractivity contribution in [2.45, 2.75) is 19.5 Å². The Labute approximate surface area is 156 Å². The number of H-pyrrole nitrogens is 1. The van der Waals surface area contributed by atoms with Crippen LogP contribution in [0.5, 0.6) is 0 Å². The Kier molecular flexibility index (Phi) is 5.09. The summed E-state index contributed by atoms with van der Waals surface area (Å²) in [5.41, 5.74) is -1.05. The zero-order valence-electron chi connectivity index (χ0n) is 14.1. The number of carbonyl (C=O) groups excluding carboxylic acids is 1. The van der Waals surface area contributed by atoms with Crippen molar-refractivity contribution < 1.29 is 13.6 Å². The summed E-state index contributed by atoms with van der Waals surface area (Å²) in [5, 5.41) is 2.95. The van der Waals surface area contributed by atoms with Crippen molar-refractivity contribution in [2.75, 3.05) is 0 Å². The number of nitrogens with one attached hydrogen (secondary N) is 2. The van der Waals surface area contributed by atoms with Crippen molar-refractivity contribution in [3.8, 4) is 0 Å². The lowest BCUT2D eigenvalue weighted by Gasteiger charge is -2.15. The van der Waals surface area contributed by atoms with Gasteiger partial charge in [-0.25, -0.2) is 13.6 Å². The van der Waals surface area contributed by atoms with Gasteiger partial charge in [-0.15, -0.1) is 0 Å². The van der Waals surface area contributed by atoms with E-state index in [9.17, 15) is 23.2 Å². The van der Waals surface area contributed by atoms with Crippen LogP contribution in [-0.2, 0) is 11.3 Å². The zero-order valence-corrected chi connectivity index (χ0v) is 14.8. The highest BCUT2D eigenvalue weighted by atomic mass is 35.5. The maximum atomic E-state index is 13.8. The number of rotatable bonds is 4. The average Bonchev–Trinajstić information content (AvgIpc) is 2.59. The van der Waals surface area contributed by atoms with E-state index in [-0.39, 0.29) is 10.9 Å². The quantitative estimate of drug-likeness (QED) is 0.714. The van der Waals surface area contributed by atoms with E-state index in [1.807, 2.05) is 0 Å². The minimum atomic E-state index is -0.807. The molecule has 140 valence electrons. The van der Waals surface area contributed by atoms with Gasteiger partial charge in [0.05, 0.1) is 16.9 Å². The maximum Gasteiger partial charge on any atom is 0.329 e. The molecule has 0 fully saturated rings. The summed E-state index contributed by atoms with van der Waals surface area (Å²) in [5.74, 6) is -2.22. The van der Waals surface area contributed by atoms with E-state index < -0.39 is 41.4 Å². The molecule has 0 aliphatic rings. The van der Waals surface area contributed by atoms with E-state index in [0.29, 0.717) is 16.6 Å². The Bertz CT molecular complexity index is 1160. The number of nitrogens with zero attached hydrogens (tertiary/aromatic N) is 1. The minimum Gasteiger partial charge on any atom is -0.348 e. The molecule has 2 N–H and O–H groups in total. The zero-order chi connectivity index (χ0) is 19.7. The van der Waals surface area contributed by atoms with E-state index in [2.05, 4.69) is 10.3 Å². The van der Waals surface area contributed by atoms with Gasteiger partial charge in [-0.1, -0.05) is 17.7 Å². The van der Waals surface area contributed by atoms with Gasteiger partial charge in [0.15, 0.2) is 0 Å². The summed E-state index contributed by atoms with van der Waals surface area (Å²) in [7, 11) is 0. The van der Waals surface area contributed by atoms with Crippen LogP contribution in [0.25, 0.3) is 10.9 Å². The van der Waals surface area contributed by atoms with Crippen molar-refractivity contribution in [2.24, 2.45) is 0 Å². The summed E-state index contributed by atoms with van der Waals surface area (Å²) in [4.78, 5) is 39.3. The highest BCUT2D eigenvalue weighted by Gasteiger charge is 2.16. The number of hydrogen-bond acceptors (Lipinski definition) is 3. The fourth-order valence-electron chi connectivity index (χ4n) is 2.73. The first-order chi connectivity index (χ1) is 12.8. The SMILES string of the molecule is C[C@H](NC(=O)Cn1c(=O)[nH]c2ccc(Cl)cc2c1=O)c1ccc(F)cc1F. The predicted octanol–water partition coefficient (Wildman–Crippen LogP) is 2.50. The van der Waals surface area contributed by atoms with Crippen molar-refractivity contribution >= 4 is 28.4 Å². The van der Waals surface area contributed by atoms with Crippen molar-refractivity contribution in [3.05, 3.63) is 79.5 Å². The second-order valence-corrected chi connectivity index (χ2v) is 6.40. The molecule has 0 bridgehead atoms. The van der Waals surface area contributed by atoms with Gasteiger partial charge in [0.25, 0.3) is 5.56 Å². The van der Waals surface area contributed by atoms with Gasteiger partial charge in [-0.3, -0.25) is 14.2 Å². The van der Waals surface area contributed by atoms with Crippen molar-refractivity contribution in [1.82, 2.24) is 14.9 Å². The first-order valence-corrected chi connectivity index (χ1v) is 8.31. The molecule has 9 heteroatoms. The van der Waals surface area contributed by atoms with Gasteiger partial charge in [-0.2, -0.15) is 0 Å². The third-order valence-electron chi connectivity index (χ3n) is 4.05. The largest absolute Gasteiger partial charge is 0.348 e. The van der Waals surface area contributed by atoms with Crippen LogP contribution < -0.4 is 16.6 Å². The van der Waals surface area contributed by atoms with Crippen LogP contribution in [0.15, 0.2) is 46.0 Å². The number of aromatic nitrogens is 2. The van der Waals surface area contributed by atoms with E-state index in [4.69, 9.17) is 11.6 Å². The lowest BCUT2D eigenvalue weighted by atomic mass is 10.1. The number of halogens is 3. The maximum absolute atomic E-state index is 13.8. The summed E-state index contributed by atoms with van der Waals surface area (Å²) in [6, 6.07) is 6.61. The van der Waals surface area contributed by atoms with Crippen LogP contribution in [0.2, 0.25) is 5.02 Å². The second-order valence-electron chi connectivity index (χ2n) is 5.97. The van der Waals surface area contributed by atoms with E-state index in [0.717, 1.165) is 10.6 Å². The Morgan fingerprint density at radius 3 is 2.67 bits per heavy atom. The third kappa shape index (κ3) is 3.90. The van der Waals surface area contributed by atoms with E-state index in [1.165, 1.54) is 31.2 Å². The fourth-order valence-corrected chi connectivity index (χ4v) is 2.90. The number of hydrogen-bond donors (Lipinski definition) is 2. The first-order valence-electron chi connectivity index (χ1n) is 7.93. The first kappa shape index (κ1) is 18.8. The highest BCUT2D eigenvalue weighted by Crippen LogP contribution is 2.17. The molecule has 0 unspecified atom stereocenters. The Hall–Kier alpha value is -3.00. The van der Waals surface area contributed by atoms with Crippen LogP contribution >= 0.6 is 11.6 Å². The molecule has 0 saturated carbocycles. The molecule has 1 heterocycles. The molecule has 0 aliphatic heterocycles. The molecule has 0 radical (unpaired) electrons. The molecule has 2 aromatic carbocycles. The smallest absolute Gasteiger partial charge is 0.329 e. The van der Waals surface area contributed by atoms with Crippen molar-refractivity contribution in [1.29, 1.82) is 0 Å². The predicted molar refractivity (Wildman–Crippen MR) is 96.8 cm³/mol. The molecular weight excluding hydrogens is 380 g/mol. The molecule has 1 aromatic heterocycles. The fraction of sp³-hybridized carbons (Fsp3) is 0.167. The average molecular weight is 394 g/mol. The molecule has 3 rings (SSSR count). The summed E-state index contributed by atoms with van der Waals surface area (Å²) in [6.45, 7) is 0.936. The summed E-state index contributed by atoms with van der Waals surface area (Å²) in [6.07, 6.45) is 0. The standard InChI is InChI=1S/C18H14ClF2N3O3/c1-9(12-4-3-11(20)7-14(12)21)22-16(25)8-24-17(26)13-6-10(19)2-5-15(13)23-18(24)27/h2-7,9H,8H2,1H3,(H,22,25)(H,23,27)/t9-/m0/s1. The topological polar surface area (TPSA) is 84.0 Å². The molecule has 6 nitrogen and oxygen atoms in total. The van der Waals surface area contributed by atoms with Gasteiger partial charge in [0.1, 0.15) is 18.2 Å². The van der Waals surface area contributed by atoms with Crippen LogP contribution in [0.1, 0.15) is 18.5 Å². The normalized spacial score (nSPS) is 12.1. The van der Waals surface area contributed by atoms with Crippen molar-refractivity contribution in [3.63, 3.8) is 0 Å². The molecule has 3 aromatic rings. The third-order valence-corrected chi connectivity index (χ3v) is 4.29. The molecule has 27 heavy (non-hydrogen) atoms. The van der Waals surface area contributed by atoms with E-state index in [1.54, 1.807) is 0 Å². The van der Waals surface area contributed by atoms with E-state index >= 15 is 0 Å². The Morgan fingerprint density at radius 1 is 1.22 bits per heavy atom. The number of aromatic amines is 1. The monoisotopic (exact) mass is 393 g/mol. The van der Waals surface area contributed by atoms with Gasteiger partial charge < -0.3 is 10.3 Å². The van der Waals surface area contributed by atoms with Crippen LogP contribution in [-0.4, -0.2) is 15.5 Å². The lowest BCUT2D eigenvalue weighted by Crippen LogP contribution is -2.41. The molecule has 0 saturated heterocycles. The summed E-state index contributed by atoms with van der Waals surface area (Å²) < 4.78 is 27.5. The Morgan fingerprint density at radius 2 is 1.96 bits per heavy atom. The molecular formula is C18H14ClF2N3O3. The van der Waals surface area contributed by atoms with Crippen LogP contribution in [0.4, 0.5) is 8.78 Å². The minimum absolute atomic E-state index is 0.0799. The molecule has 0 spiro atoms. The summed E-state index contributed by atoms with van der Waals surface area (Å²) >= 11 is 5.87. The van der Waals surface area contributed by atoms with Gasteiger partial charge in [0, 0.05) is 16.7 Å². The number of fused-ring (bicyclic) bond motifs is 1. The van der Waals surface area contributed by atoms with Crippen LogP contribution in [0.3, 0.4) is 0 Å². The van der Waals surface area contributed by atoms with Gasteiger partial charge >= 0.3 is 5.69 Å². The highest BCUT2D eigenvalue weighted by molar-refractivity contribution is 6.31. The number of amides is 1. The second kappa shape index (κ2) is 7.32. The molecule has 0 aliphatic carbocycles. The van der Waals surface area contributed by atoms with Gasteiger partial charge in [0.2, 0.25) is 5.91 Å².